The summed E-state index contributed by atoms with van der Waals surface area (Å²) in [6.07, 6.45) is 0. The molecule has 1 unspecified atom stereocenters. The molecular formula is C34H35N5O5. The number of methoxy groups -OCH3 is 1. The van der Waals surface area contributed by atoms with E-state index < -0.39 is 24.0 Å². The van der Waals surface area contributed by atoms with Gasteiger partial charge >= 0.3 is 0 Å². The number of ketones is 1. The fraction of sp³-hybridized carbons (Fsp3) is 0.235. The first-order valence-corrected chi connectivity index (χ1v) is 14.3. The third-order valence-electron chi connectivity index (χ3n) is 7.78. The number of ether oxygens (including phenoxy) is 1. The summed E-state index contributed by atoms with van der Waals surface area (Å²) in [6, 6.07) is 22.9. The Morgan fingerprint density at radius 3 is 2.36 bits per heavy atom. The predicted octanol–water partition coefficient (Wildman–Crippen LogP) is 4.28. The molecule has 5 rings (SSSR count). The molecule has 44 heavy (non-hydrogen) atoms. The molecule has 3 atom stereocenters. The third-order valence-corrected chi connectivity index (χ3v) is 7.78. The Labute approximate surface area is 255 Å². The van der Waals surface area contributed by atoms with Crippen LogP contribution in [-0.4, -0.2) is 56.3 Å². The summed E-state index contributed by atoms with van der Waals surface area (Å²) in [6.45, 7) is 3.12. The molecule has 0 aliphatic carbocycles. The number of hydrogen-bond donors (Lipinski definition) is 4. The summed E-state index contributed by atoms with van der Waals surface area (Å²) < 4.78 is 5.86. The molecule has 0 spiro atoms. The quantitative estimate of drug-likeness (QED) is 0.213. The van der Waals surface area contributed by atoms with Crippen LogP contribution in [0.1, 0.15) is 35.8 Å². The molecule has 4 aromatic carbocycles. The number of carbonyl (C=O) groups is 4. The summed E-state index contributed by atoms with van der Waals surface area (Å²) in [4.78, 5) is 54.7. The van der Waals surface area contributed by atoms with Gasteiger partial charge in [0, 0.05) is 30.3 Å². The third kappa shape index (κ3) is 6.11. The number of carbonyl (C=O) groups excluding carboxylic acids is 4. The van der Waals surface area contributed by atoms with E-state index in [-0.39, 0.29) is 24.1 Å². The molecule has 4 N–H and O–H groups in total. The normalized spacial score (nSPS) is 15.8. The number of Topliss-reactive ketones (excluding diaryl/α,β-unsaturated/α-hetero) is 1. The van der Waals surface area contributed by atoms with Crippen molar-refractivity contribution in [2.75, 3.05) is 36.2 Å². The molecular weight excluding hydrogens is 558 g/mol. The van der Waals surface area contributed by atoms with E-state index >= 15 is 0 Å². The lowest BCUT2D eigenvalue weighted by atomic mass is 9.90. The van der Waals surface area contributed by atoms with Crippen molar-refractivity contribution >= 4 is 51.3 Å². The summed E-state index contributed by atoms with van der Waals surface area (Å²) >= 11 is 0. The number of hydrogen-bond acceptors (Lipinski definition) is 7. The van der Waals surface area contributed by atoms with Crippen LogP contribution in [0.4, 0.5) is 17.1 Å². The van der Waals surface area contributed by atoms with E-state index in [1.54, 1.807) is 57.5 Å². The topological polar surface area (TPSA) is 129 Å². The maximum Gasteiger partial charge on any atom is 0.248 e. The SMILES string of the molecule is CN[C@@H](C)C(=O)N[C@H]1CN(C(C(=O)c2ccc(NC(C)=O)cc2)c2c(OC)ccc3ccccc23)c2ccccc2NC1=O. The highest BCUT2D eigenvalue weighted by molar-refractivity contribution is 6.08. The molecule has 1 aliphatic rings. The van der Waals surface area contributed by atoms with E-state index in [0.29, 0.717) is 33.9 Å². The van der Waals surface area contributed by atoms with E-state index in [1.165, 1.54) is 6.92 Å². The minimum Gasteiger partial charge on any atom is -0.496 e. The van der Waals surface area contributed by atoms with Gasteiger partial charge in [0.15, 0.2) is 5.78 Å². The van der Waals surface area contributed by atoms with Gasteiger partial charge in [0.05, 0.1) is 24.5 Å². The van der Waals surface area contributed by atoms with Crippen LogP contribution in [0.3, 0.4) is 0 Å². The number of nitrogens with one attached hydrogen (secondary N) is 4. The van der Waals surface area contributed by atoms with E-state index in [0.717, 1.165) is 10.8 Å². The Bertz CT molecular complexity index is 1720. The maximum atomic E-state index is 14.8. The second kappa shape index (κ2) is 13.0. The van der Waals surface area contributed by atoms with Crippen LogP contribution in [0.5, 0.6) is 5.75 Å². The molecule has 226 valence electrons. The van der Waals surface area contributed by atoms with Crippen molar-refractivity contribution in [1.29, 1.82) is 0 Å². The van der Waals surface area contributed by atoms with Crippen LogP contribution in [-0.2, 0) is 14.4 Å². The molecule has 0 aromatic heterocycles. The second-order valence-electron chi connectivity index (χ2n) is 10.7. The summed E-state index contributed by atoms with van der Waals surface area (Å²) in [5, 5.41) is 13.2. The molecule has 10 heteroatoms. The standard InChI is InChI=1S/C34H35N5O5/c1-20(35-3)33(42)38-27-19-39(28-12-8-7-11-26(28)37-34(27)43)31(32(41)23-13-16-24(17-14-23)36-21(2)40)30-25-10-6-5-9-22(25)15-18-29(30)44-4/h5-18,20,27,31,35H,19H2,1-4H3,(H,36,40)(H,37,43)(H,38,42)/t20-,27-,31?/m0/s1. The lowest BCUT2D eigenvalue weighted by Gasteiger charge is -2.35. The number of para-hydroxylation sites is 2. The van der Waals surface area contributed by atoms with Crippen molar-refractivity contribution in [2.45, 2.75) is 32.0 Å². The predicted molar refractivity (Wildman–Crippen MR) is 171 cm³/mol. The summed E-state index contributed by atoms with van der Waals surface area (Å²) in [7, 11) is 3.22. The van der Waals surface area contributed by atoms with Crippen molar-refractivity contribution in [3.05, 3.63) is 96.1 Å². The van der Waals surface area contributed by atoms with Gasteiger partial charge in [-0.2, -0.15) is 0 Å². The molecule has 0 fully saturated rings. The highest BCUT2D eigenvalue weighted by Gasteiger charge is 2.39. The van der Waals surface area contributed by atoms with Gasteiger partial charge in [-0.1, -0.05) is 42.5 Å². The number of rotatable bonds is 9. The Hall–Kier alpha value is -5.22. The number of likely N-dealkylation sites (N-methyl/N-ethyl adjacent to an activating group) is 1. The van der Waals surface area contributed by atoms with E-state index in [1.807, 2.05) is 53.4 Å². The molecule has 0 bridgehead atoms. The lowest BCUT2D eigenvalue weighted by molar-refractivity contribution is -0.127. The summed E-state index contributed by atoms with van der Waals surface area (Å²) in [5.41, 5.74) is 2.70. The molecule has 0 saturated carbocycles. The maximum absolute atomic E-state index is 14.8. The van der Waals surface area contributed by atoms with E-state index in [2.05, 4.69) is 21.3 Å². The van der Waals surface area contributed by atoms with Gasteiger partial charge in [-0.3, -0.25) is 19.2 Å². The number of amides is 3. The number of fused-ring (bicyclic) bond motifs is 2. The average molecular weight is 594 g/mol. The Kier molecular flexibility index (Phi) is 8.91. The van der Waals surface area contributed by atoms with Crippen LogP contribution in [0.15, 0.2) is 84.9 Å². The van der Waals surface area contributed by atoms with Crippen molar-refractivity contribution in [2.24, 2.45) is 0 Å². The van der Waals surface area contributed by atoms with Crippen LogP contribution >= 0.6 is 0 Å². The number of benzene rings is 4. The zero-order chi connectivity index (χ0) is 31.4. The van der Waals surface area contributed by atoms with Crippen LogP contribution in [0.25, 0.3) is 10.8 Å². The molecule has 0 radical (unpaired) electrons. The number of anilines is 3. The van der Waals surface area contributed by atoms with Crippen molar-refractivity contribution in [3.63, 3.8) is 0 Å². The van der Waals surface area contributed by atoms with Gasteiger partial charge in [-0.05, 0) is 67.2 Å². The monoisotopic (exact) mass is 593 g/mol. The Morgan fingerprint density at radius 1 is 0.955 bits per heavy atom. The van der Waals surface area contributed by atoms with Crippen molar-refractivity contribution in [3.8, 4) is 5.75 Å². The minimum absolute atomic E-state index is 0.00220. The smallest absolute Gasteiger partial charge is 0.248 e. The molecule has 10 nitrogen and oxygen atoms in total. The highest BCUT2D eigenvalue weighted by atomic mass is 16.5. The van der Waals surface area contributed by atoms with Crippen LogP contribution in [0, 0.1) is 0 Å². The molecule has 1 heterocycles. The second-order valence-corrected chi connectivity index (χ2v) is 10.7. The Balaban J connectivity index is 1.72. The lowest BCUT2D eigenvalue weighted by Crippen LogP contribution is -2.54. The molecule has 3 amide bonds. The zero-order valence-corrected chi connectivity index (χ0v) is 25.0. The van der Waals surface area contributed by atoms with Crippen molar-refractivity contribution < 1.29 is 23.9 Å². The van der Waals surface area contributed by atoms with Gasteiger partial charge in [0.2, 0.25) is 17.7 Å². The first-order valence-electron chi connectivity index (χ1n) is 14.3. The zero-order valence-electron chi connectivity index (χ0n) is 25.0. The fourth-order valence-electron chi connectivity index (χ4n) is 5.45. The highest BCUT2D eigenvalue weighted by Crippen LogP contribution is 2.42. The molecule has 0 saturated heterocycles. The number of nitrogens with zero attached hydrogens (tertiary/aromatic N) is 1. The van der Waals surface area contributed by atoms with E-state index in [4.69, 9.17) is 4.74 Å². The molecule has 4 aromatic rings. The first-order chi connectivity index (χ1) is 21.2. The average Bonchev–Trinajstić information content (AvgIpc) is 3.16. The largest absolute Gasteiger partial charge is 0.496 e. The first kappa shape index (κ1) is 30.2. The fourth-order valence-corrected chi connectivity index (χ4v) is 5.45. The van der Waals surface area contributed by atoms with Gasteiger partial charge in [0.1, 0.15) is 17.8 Å². The van der Waals surface area contributed by atoms with Gasteiger partial charge < -0.3 is 30.9 Å². The minimum atomic E-state index is -0.982. The van der Waals surface area contributed by atoms with Gasteiger partial charge in [-0.15, -0.1) is 0 Å². The van der Waals surface area contributed by atoms with E-state index in [9.17, 15) is 19.2 Å². The molecule has 1 aliphatic heterocycles. The van der Waals surface area contributed by atoms with Gasteiger partial charge in [-0.25, -0.2) is 0 Å². The summed E-state index contributed by atoms with van der Waals surface area (Å²) in [5.74, 6) is -0.722. The van der Waals surface area contributed by atoms with Crippen LogP contribution in [0.2, 0.25) is 0 Å². The van der Waals surface area contributed by atoms with Gasteiger partial charge in [0.25, 0.3) is 0 Å². The Morgan fingerprint density at radius 2 is 1.66 bits per heavy atom. The van der Waals surface area contributed by atoms with Crippen molar-refractivity contribution in [1.82, 2.24) is 10.6 Å². The van der Waals surface area contributed by atoms with Crippen LogP contribution < -0.4 is 30.9 Å².